The van der Waals surface area contributed by atoms with Gasteiger partial charge in [0, 0.05) is 12.6 Å². The molecule has 7 nitrogen and oxygen atoms in total. The van der Waals surface area contributed by atoms with Gasteiger partial charge in [0.2, 0.25) is 11.2 Å². The van der Waals surface area contributed by atoms with Crippen LogP contribution >= 0.6 is 11.2 Å². The molecule has 94 valence electrons. The van der Waals surface area contributed by atoms with Crippen molar-refractivity contribution in [2.45, 2.75) is 31.8 Å². The number of rotatable bonds is 4. The van der Waals surface area contributed by atoms with Crippen LogP contribution in [0.1, 0.15) is 19.8 Å². The van der Waals surface area contributed by atoms with Gasteiger partial charge in [-0.15, -0.1) is 0 Å². The third kappa shape index (κ3) is 4.23. The number of nitrogens with one attached hydrogen (secondary N) is 1. The standard InChI is InChI=1S/C8H17N3O4S/c1-2-11-6-7(3-4-8(11)5-9)10-15-16(12,13)14/h7-8,10,12-14H,2-4,6H2,1H3. The highest BCUT2D eigenvalue weighted by Crippen LogP contribution is 2.32. The van der Waals surface area contributed by atoms with Crippen molar-refractivity contribution < 1.29 is 17.9 Å². The first kappa shape index (κ1) is 13.7. The van der Waals surface area contributed by atoms with Crippen LogP contribution in [0, 0.1) is 11.3 Å². The third-order valence-corrected chi connectivity index (χ3v) is 2.89. The smallest absolute Gasteiger partial charge is 0.233 e. The summed E-state index contributed by atoms with van der Waals surface area (Å²) in [4.78, 5) is 1.97. The average molecular weight is 251 g/mol. The monoisotopic (exact) mass is 251 g/mol. The Labute approximate surface area is 96.3 Å². The molecule has 1 rings (SSSR count). The molecule has 2 atom stereocenters. The second-order valence-corrected chi connectivity index (χ2v) is 4.78. The van der Waals surface area contributed by atoms with Gasteiger partial charge >= 0.3 is 0 Å². The third-order valence-electron chi connectivity index (χ3n) is 2.57. The van der Waals surface area contributed by atoms with Gasteiger partial charge in [-0.3, -0.25) is 18.6 Å². The Hall–Kier alpha value is -0.400. The maximum Gasteiger partial charge on any atom is 0.233 e. The largest absolute Gasteiger partial charge is 0.287 e. The van der Waals surface area contributed by atoms with Gasteiger partial charge in [0.1, 0.15) is 0 Å². The van der Waals surface area contributed by atoms with E-state index in [0.29, 0.717) is 19.4 Å². The molecule has 1 aliphatic heterocycles. The molecule has 0 amide bonds. The summed E-state index contributed by atoms with van der Waals surface area (Å²) in [7, 11) is 0. The lowest BCUT2D eigenvalue weighted by Gasteiger charge is -2.36. The highest BCUT2D eigenvalue weighted by molar-refractivity contribution is 8.15. The fourth-order valence-corrected chi connectivity index (χ4v) is 2.03. The van der Waals surface area contributed by atoms with E-state index in [4.69, 9.17) is 18.9 Å². The van der Waals surface area contributed by atoms with Crippen molar-refractivity contribution in [2.24, 2.45) is 0 Å². The molecule has 8 heteroatoms. The zero-order valence-corrected chi connectivity index (χ0v) is 9.85. The van der Waals surface area contributed by atoms with Crippen molar-refractivity contribution in [1.29, 1.82) is 5.26 Å². The van der Waals surface area contributed by atoms with Crippen LogP contribution in [0.3, 0.4) is 0 Å². The van der Waals surface area contributed by atoms with Gasteiger partial charge < -0.3 is 0 Å². The topological polar surface area (TPSA) is 109 Å². The van der Waals surface area contributed by atoms with Crippen LogP contribution in [-0.2, 0) is 4.28 Å². The van der Waals surface area contributed by atoms with Gasteiger partial charge in [-0.05, 0) is 19.4 Å². The highest BCUT2D eigenvalue weighted by atomic mass is 32.3. The lowest BCUT2D eigenvalue weighted by atomic mass is 10.00. The Balaban J connectivity index is 2.40. The first-order chi connectivity index (χ1) is 7.46. The molecule has 0 aromatic carbocycles. The van der Waals surface area contributed by atoms with E-state index in [-0.39, 0.29) is 12.1 Å². The summed E-state index contributed by atoms with van der Waals surface area (Å²) in [5.74, 6) is 0. The van der Waals surface area contributed by atoms with Crippen molar-refractivity contribution in [3.8, 4) is 6.07 Å². The van der Waals surface area contributed by atoms with E-state index >= 15 is 0 Å². The van der Waals surface area contributed by atoms with Crippen molar-refractivity contribution in [1.82, 2.24) is 10.4 Å². The number of hydroxylamine groups is 1. The van der Waals surface area contributed by atoms with Crippen LogP contribution < -0.4 is 5.48 Å². The fraction of sp³-hybridized carbons (Fsp3) is 0.875. The Morgan fingerprint density at radius 1 is 1.50 bits per heavy atom. The molecule has 0 bridgehead atoms. The van der Waals surface area contributed by atoms with Crippen LogP contribution in [0.15, 0.2) is 0 Å². The lowest BCUT2D eigenvalue weighted by Crippen LogP contribution is -2.49. The summed E-state index contributed by atoms with van der Waals surface area (Å²) in [6.45, 7) is 3.27. The van der Waals surface area contributed by atoms with Crippen molar-refractivity contribution in [3.63, 3.8) is 0 Å². The van der Waals surface area contributed by atoms with Crippen molar-refractivity contribution >= 4 is 11.2 Å². The first-order valence-corrected chi connectivity index (χ1v) is 6.47. The number of likely N-dealkylation sites (tertiary alicyclic amines) is 1. The molecule has 4 N–H and O–H groups in total. The van der Waals surface area contributed by atoms with Gasteiger partial charge in [-0.25, -0.2) is 0 Å². The first-order valence-electron chi connectivity index (χ1n) is 5.04. The van der Waals surface area contributed by atoms with Gasteiger partial charge in [0.05, 0.1) is 12.1 Å². The summed E-state index contributed by atoms with van der Waals surface area (Å²) in [6, 6.07) is 1.99. The van der Waals surface area contributed by atoms with E-state index in [1.807, 2.05) is 11.8 Å². The molecule has 1 aliphatic rings. The molecule has 0 aromatic heterocycles. The average Bonchev–Trinajstić information content (AvgIpc) is 2.25. The number of likely N-dealkylation sites (N-methyl/N-ethyl adjacent to an activating group) is 1. The van der Waals surface area contributed by atoms with Gasteiger partial charge in [-0.1, -0.05) is 6.92 Å². The molecular weight excluding hydrogens is 234 g/mol. The number of nitrogens with zero attached hydrogens (tertiary/aromatic N) is 2. The Morgan fingerprint density at radius 3 is 2.69 bits per heavy atom. The van der Waals surface area contributed by atoms with Crippen LogP contribution in [0.2, 0.25) is 0 Å². The maximum atomic E-state index is 8.88. The minimum atomic E-state index is -3.96. The molecule has 16 heavy (non-hydrogen) atoms. The lowest BCUT2D eigenvalue weighted by molar-refractivity contribution is 0.0598. The molecule has 1 saturated heterocycles. The van der Waals surface area contributed by atoms with Gasteiger partial charge in [0.15, 0.2) is 0 Å². The van der Waals surface area contributed by atoms with E-state index in [2.05, 4.69) is 15.8 Å². The Bertz CT molecular complexity index is 265. The predicted molar refractivity (Wildman–Crippen MR) is 59.4 cm³/mol. The normalized spacial score (nSPS) is 28.7. The summed E-state index contributed by atoms with van der Waals surface area (Å²) in [5.41, 5.74) is 2.41. The van der Waals surface area contributed by atoms with E-state index in [9.17, 15) is 0 Å². The quantitative estimate of drug-likeness (QED) is 0.552. The second-order valence-electron chi connectivity index (χ2n) is 3.68. The molecule has 2 unspecified atom stereocenters. The predicted octanol–water partition coefficient (Wildman–Crippen LogP) is 1.02. The minimum absolute atomic E-state index is 0.0995. The summed E-state index contributed by atoms with van der Waals surface area (Å²) >= 11 is -3.96. The number of piperidine rings is 1. The van der Waals surface area contributed by atoms with E-state index in [1.54, 1.807) is 0 Å². The Morgan fingerprint density at radius 2 is 2.19 bits per heavy atom. The van der Waals surface area contributed by atoms with E-state index < -0.39 is 11.2 Å². The zero-order valence-electron chi connectivity index (χ0n) is 9.04. The number of nitriles is 1. The molecule has 0 aromatic rings. The summed E-state index contributed by atoms with van der Waals surface area (Å²) in [5, 5.41) is 8.88. The number of hydrogen-bond donors (Lipinski definition) is 4. The van der Waals surface area contributed by atoms with E-state index in [1.165, 1.54) is 0 Å². The zero-order chi connectivity index (χ0) is 12.2. The molecule has 1 heterocycles. The van der Waals surface area contributed by atoms with Crippen LogP contribution in [0.25, 0.3) is 0 Å². The van der Waals surface area contributed by atoms with Crippen LogP contribution in [-0.4, -0.2) is 43.7 Å². The molecular formula is C8H17N3O4S. The Kier molecular flexibility index (Phi) is 4.94. The molecule has 0 saturated carbocycles. The minimum Gasteiger partial charge on any atom is -0.287 e. The van der Waals surface area contributed by atoms with E-state index in [0.717, 1.165) is 6.54 Å². The molecule has 0 spiro atoms. The highest BCUT2D eigenvalue weighted by Gasteiger charge is 2.28. The SMILES string of the molecule is CCN1CC(NOS(O)(O)O)CCC1C#N. The molecule has 1 fully saturated rings. The summed E-state index contributed by atoms with van der Waals surface area (Å²) in [6.07, 6.45) is 1.38. The molecule has 0 radical (unpaired) electrons. The van der Waals surface area contributed by atoms with Gasteiger partial charge in [-0.2, -0.15) is 15.0 Å². The fourth-order valence-electron chi connectivity index (χ4n) is 1.77. The van der Waals surface area contributed by atoms with Crippen LogP contribution in [0.4, 0.5) is 0 Å². The maximum absolute atomic E-state index is 8.88. The van der Waals surface area contributed by atoms with Crippen molar-refractivity contribution in [3.05, 3.63) is 0 Å². The summed E-state index contributed by atoms with van der Waals surface area (Å²) < 4.78 is 30.2. The van der Waals surface area contributed by atoms with Gasteiger partial charge in [0.25, 0.3) is 0 Å². The second kappa shape index (κ2) is 5.79. The molecule has 0 aliphatic carbocycles. The van der Waals surface area contributed by atoms with Crippen LogP contribution in [0.5, 0.6) is 0 Å². The number of hydrogen-bond acceptors (Lipinski definition) is 7. The van der Waals surface area contributed by atoms with Crippen molar-refractivity contribution in [2.75, 3.05) is 13.1 Å².